The number of hydrogen-bond acceptors (Lipinski definition) is 6. The summed E-state index contributed by atoms with van der Waals surface area (Å²) in [6, 6.07) is 16.0. The predicted molar refractivity (Wildman–Crippen MR) is 137 cm³/mol. The Hall–Kier alpha value is -3.61. The molecule has 7 nitrogen and oxygen atoms in total. The summed E-state index contributed by atoms with van der Waals surface area (Å²) in [5, 5.41) is 4.53. The average molecular weight is 475 g/mol. The van der Waals surface area contributed by atoms with Gasteiger partial charge in [0.2, 0.25) is 18.0 Å². The van der Waals surface area contributed by atoms with Crippen LogP contribution >= 0.6 is 0 Å². The maximum atomic E-state index is 13.4. The molecular formula is C28H34N4O3. The van der Waals surface area contributed by atoms with Crippen molar-refractivity contribution in [1.29, 1.82) is 0 Å². The first-order valence-electron chi connectivity index (χ1n) is 12.3. The lowest BCUT2D eigenvalue weighted by Crippen LogP contribution is -2.32. The molecule has 0 aliphatic carbocycles. The molecule has 2 aromatic carbocycles. The molecule has 1 atom stereocenters. The quantitative estimate of drug-likeness (QED) is 0.401. The lowest BCUT2D eigenvalue weighted by atomic mass is 9.85. The molecule has 0 saturated carbocycles. The van der Waals surface area contributed by atoms with Crippen LogP contribution in [0.2, 0.25) is 0 Å². The zero-order valence-corrected chi connectivity index (χ0v) is 21.0. The lowest BCUT2D eigenvalue weighted by Gasteiger charge is -2.25. The minimum Gasteiger partial charge on any atom is -0.450 e. The van der Waals surface area contributed by atoms with Crippen molar-refractivity contribution in [3.05, 3.63) is 77.7 Å². The first-order chi connectivity index (χ1) is 16.9. The van der Waals surface area contributed by atoms with Gasteiger partial charge in [-0.15, -0.1) is 5.10 Å². The Balaban J connectivity index is 1.60. The number of hydrogen-bond donors (Lipinski definition) is 1. The van der Waals surface area contributed by atoms with E-state index in [-0.39, 0.29) is 11.3 Å². The number of carbonyl (C=O) groups excluding carboxylic acids is 1. The van der Waals surface area contributed by atoms with Crippen LogP contribution in [0.3, 0.4) is 0 Å². The van der Waals surface area contributed by atoms with Gasteiger partial charge < -0.3 is 14.1 Å². The third-order valence-electron chi connectivity index (χ3n) is 6.04. The van der Waals surface area contributed by atoms with Gasteiger partial charge in [-0.05, 0) is 43.0 Å². The third kappa shape index (κ3) is 5.73. The van der Waals surface area contributed by atoms with Crippen LogP contribution in [0.4, 0.5) is 0 Å². The van der Waals surface area contributed by atoms with E-state index in [0.717, 1.165) is 30.4 Å². The Bertz CT molecular complexity index is 1150. The summed E-state index contributed by atoms with van der Waals surface area (Å²) in [6.07, 6.45) is 5.22. The molecule has 0 radical (unpaired) electrons. The van der Waals surface area contributed by atoms with E-state index in [9.17, 15) is 4.79 Å². The summed E-state index contributed by atoms with van der Waals surface area (Å²) in [7, 11) is 0. The Kier molecular flexibility index (Phi) is 7.54. The number of aromatic nitrogens is 1. The van der Waals surface area contributed by atoms with Gasteiger partial charge in [0.05, 0.1) is 6.20 Å². The maximum absolute atomic E-state index is 13.4. The summed E-state index contributed by atoms with van der Waals surface area (Å²) in [4.78, 5) is 19.6. The van der Waals surface area contributed by atoms with E-state index in [1.807, 2.05) is 41.3 Å². The van der Waals surface area contributed by atoms with E-state index in [2.05, 4.69) is 55.3 Å². The number of nitrogens with one attached hydrogen (secondary N) is 1. The normalized spacial score (nSPS) is 15.3. The molecule has 1 aliphatic rings. The second kappa shape index (κ2) is 10.8. The molecule has 184 valence electrons. The summed E-state index contributed by atoms with van der Waals surface area (Å²) < 4.78 is 11.9. The topological polar surface area (TPSA) is 80.0 Å². The molecule has 0 fully saturated rings. The van der Waals surface area contributed by atoms with Crippen LogP contribution in [0.25, 0.3) is 11.5 Å². The summed E-state index contributed by atoms with van der Waals surface area (Å²) in [6.45, 7) is 9.82. The number of ether oxygens (including phenoxy) is 1. The Labute approximate surface area is 207 Å². The van der Waals surface area contributed by atoms with Gasteiger partial charge in [-0.3, -0.25) is 10.2 Å². The van der Waals surface area contributed by atoms with E-state index in [1.54, 1.807) is 6.20 Å². The molecule has 1 N–H and O–H groups in total. The van der Waals surface area contributed by atoms with E-state index >= 15 is 0 Å². The van der Waals surface area contributed by atoms with Crippen molar-refractivity contribution in [2.24, 2.45) is 10.5 Å². The minimum atomic E-state index is -0.507. The first-order valence-corrected chi connectivity index (χ1v) is 12.3. The molecule has 2 heterocycles. The predicted octanol–water partition coefficient (Wildman–Crippen LogP) is 5.80. The molecule has 0 spiro atoms. The fourth-order valence-corrected chi connectivity index (χ4v) is 4.37. The molecule has 0 unspecified atom stereocenters. The Morgan fingerprint density at radius 1 is 1.09 bits per heavy atom. The van der Waals surface area contributed by atoms with Crippen molar-refractivity contribution in [2.45, 2.75) is 53.2 Å². The highest BCUT2D eigenvalue weighted by molar-refractivity contribution is 5.95. The number of oxazole rings is 1. The van der Waals surface area contributed by atoms with E-state index in [4.69, 9.17) is 9.15 Å². The Morgan fingerprint density at radius 3 is 2.49 bits per heavy atom. The van der Waals surface area contributed by atoms with Crippen molar-refractivity contribution in [3.8, 4) is 11.5 Å². The highest BCUT2D eigenvalue weighted by Crippen LogP contribution is 2.33. The van der Waals surface area contributed by atoms with Crippen LogP contribution < -0.4 is 5.43 Å². The molecular weight excluding hydrogens is 440 g/mol. The summed E-state index contributed by atoms with van der Waals surface area (Å²) in [5.41, 5.74) is 6.15. The second-order valence-electron chi connectivity index (χ2n) is 9.56. The van der Waals surface area contributed by atoms with Crippen molar-refractivity contribution in [2.75, 3.05) is 13.1 Å². The Morgan fingerprint density at radius 2 is 1.83 bits per heavy atom. The monoisotopic (exact) mass is 474 g/mol. The van der Waals surface area contributed by atoms with Crippen LogP contribution in [0.15, 0.2) is 70.5 Å². The van der Waals surface area contributed by atoms with Gasteiger partial charge in [0.15, 0.2) is 0 Å². The van der Waals surface area contributed by atoms with Gasteiger partial charge in [-0.1, -0.05) is 58.0 Å². The van der Waals surface area contributed by atoms with Crippen molar-refractivity contribution < 1.29 is 13.9 Å². The van der Waals surface area contributed by atoms with Crippen LogP contribution in [0.5, 0.6) is 0 Å². The van der Waals surface area contributed by atoms with Gasteiger partial charge >= 0.3 is 0 Å². The van der Waals surface area contributed by atoms with E-state index in [0.29, 0.717) is 30.4 Å². The van der Waals surface area contributed by atoms with Gasteiger partial charge in [0.25, 0.3) is 5.91 Å². The van der Waals surface area contributed by atoms with Crippen LogP contribution in [0.1, 0.15) is 68.2 Å². The molecule has 1 amide bonds. The van der Waals surface area contributed by atoms with Crippen molar-refractivity contribution in [1.82, 2.24) is 15.3 Å². The third-order valence-corrected chi connectivity index (χ3v) is 6.04. The smallest absolute Gasteiger partial charge is 0.253 e. The van der Waals surface area contributed by atoms with E-state index < -0.39 is 6.23 Å². The highest BCUT2D eigenvalue weighted by atomic mass is 16.5. The molecule has 1 aromatic heterocycles. The molecule has 0 bridgehead atoms. The molecule has 7 heteroatoms. The van der Waals surface area contributed by atoms with Gasteiger partial charge in [-0.25, -0.2) is 4.98 Å². The lowest BCUT2D eigenvalue weighted by molar-refractivity contribution is 0.0755. The SMILES string of the molecule is CCCN(CCC)C(=O)c1cc(-c2ncco2)cc([C@@H]2NN=C(C(C)(C)Cc3ccccc3)O2)c1. The summed E-state index contributed by atoms with van der Waals surface area (Å²) >= 11 is 0. The number of amides is 1. The zero-order chi connectivity index (χ0) is 24.8. The van der Waals surface area contributed by atoms with Crippen molar-refractivity contribution in [3.63, 3.8) is 0 Å². The van der Waals surface area contributed by atoms with E-state index in [1.165, 1.54) is 11.8 Å². The molecule has 3 aromatic rings. The van der Waals surface area contributed by atoms with Gasteiger partial charge in [0, 0.05) is 35.2 Å². The number of nitrogens with zero attached hydrogens (tertiary/aromatic N) is 3. The number of hydrazone groups is 1. The summed E-state index contributed by atoms with van der Waals surface area (Å²) in [5.74, 6) is 1.09. The largest absolute Gasteiger partial charge is 0.450 e. The minimum absolute atomic E-state index is 0.00750. The fraction of sp³-hybridized carbons (Fsp3) is 0.393. The van der Waals surface area contributed by atoms with Crippen LogP contribution in [0, 0.1) is 5.41 Å². The number of rotatable bonds is 10. The number of carbonyl (C=O) groups is 1. The number of benzene rings is 2. The molecule has 4 rings (SSSR count). The average Bonchev–Trinajstić information content (AvgIpc) is 3.57. The van der Waals surface area contributed by atoms with Gasteiger partial charge in [-0.2, -0.15) is 0 Å². The standard InChI is InChI=1S/C28H34N4O3/c1-5-13-32(14-6-2)26(33)23-17-21(24-29-12-15-34-24)16-22(18-23)25-30-31-27(35-25)28(3,4)19-20-10-8-7-9-11-20/h7-12,15-18,25,30H,5-6,13-14,19H2,1-4H3/t25-/m1/s1. The van der Waals surface area contributed by atoms with Crippen molar-refractivity contribution >= 4 is 11.8 Å². The second-order valence-corrected chi connectivity index (χ2v) is 9.56. The van der Waals surface area contributed by atoms with Crippen LogP contribution in [-0.4, -0.2) is 34.8 Å². The van der Waals surface area contributed by atoms with Crippen LogP contribution in [-0.2, 0) is 11.2 Å². The zero-order valence-electron chi connectivity index (χ0n) is 21.0. The molecule has 0 saturated heterocycles. The molecule has 35 heavy (non-hydrogen) atoms. The van der Waals surface area contributed by atoms with Gasteiger partial charge in [0.1, 0.15) is 6.26 Å². The highest BCUT2D eigenvalue weighted by Gasteiger charge is 2.34. The fourth-order valence-electron chi connectivity index (χ4n) is 4.37. The maximum Gasteiger partial charge on any atom is 0.253 e. The first kappa shape index (κ1) is 24.5. The molecule has 1 aliphatic heterocycles.